The Bertz CT molecular complexity index is 1050. The Hall–Kier alpha value is -3.80. The summed E-state index contributed by atoms with van der Waals surface area (Å²) in [7, 11) is 1.51. The van der Waals surface area contributed by atoms with Gasteiger partial charge in [-0.2, -0.15) is 0 Å². The third kappa shape index (κ3) is 3.20. The molecule has 0 aliphatic carbocycles. The fraction of sp³-hybridized carbons (Fsp3) is 0.0476. The predicted molar refractivity (Wildman–Crippen MR) is 102 cm³/mol. The van der Waals surface area contributed by atoms with Crippen LogP contribution < -0.4 is 20.1 Å². The minimum absolute atomic E-state index is 0.302. The van der Waals surface area contributed by atoms with E-state index in [-0.39, 0.29) is 11.8 Å². The van der Waals surface area contributed by atoms with Crippen LogP contribution >= 0.6 is 0 Å². The summed E-state index contributed by atoms with van der Waals surface area (Å²) < 4.78 is 11.1. The van der Waals surface area contributed by atoms with Crippen LogP contribution in [-0.2, 0) is 0 Å². The number of rotatable bonds is 3. The number of benzene rings is 3. The average Bonchev–Trinajstić information content (AvgIpc) is 2.83. The Labute approximate surface area is 155 Å². The van der Waals surface area contributed by atoms with Crippen LogP contribution in [0, 0.1) is 0 Å². The van der Waals surface area contributed by atoms with Gasteiger partial charge >= 0.3 is 0 Å². The highest BCUT2D eigenvalue weighted by atomic mass is 16.5. The largest absolute Gasteiger partial charge is 0.496 e. The van der Waals surface area contributed by atoms with Gasteiger partial charge in [-0.1, -0.05) is 24.3 Å². The number of carbonyl (C=O) groups is 2. The first kappa shape index (κ1) is 16.7. The maximum absolute atomic E-state index is 12.6. The average molecular weight is 360 g/mol. The highest BCUT2D eigenvalue weighted by Crippen LogP contribution is 2.36. The second kappa shape index (κ2) is 6.84. The topological polar surface area (TPSA) is 76.7 Å². The molecule has 0 fully saturated rings. The molecule has 0 radical (unpaired) electrons. The predicted octanol–water partition coefficient (Wildman–Crippen LogP) is 4.31. The van der Waals surface area contributed by atoms with Crippen molar-refractivity contribution in [3.63, 3.8) is 0 Å². The Balaban J connectivity index is 1.63. The van der Waals surface area contributed by atoms with Crippen LogP contribution in [0.2, 0.25) is 0 Å². The van der Waals surface area contributed by atoms with Crippen molar-refractivity contribution >= 4 is 23.2 Å². The zero-order chi connectivity index (χ0) is 18.8. The molecule has 4 rings (SSSR count). The lowest BCUT2D eigenvalue weighted by Crippen LogP contribution is -2.15. The van der Waals surface area contributed by atoms with Gasteiger partial charge in [0.2, 0.25) is 0 Å². The van der Waals surface area contributed by atoms with Gasteiger partial charge < -0.3 is 20.1 Å². The summed E-state index contributed by atoms with van der Waals surface area (Å²) in [6.45, 7) is 0. The minimum Gasteiger partial charge on any atom is -0.496 e. The summed E-state index contributed by atoms with van der Waals surface area (Å²) in [6.07, 6.45) is 0. The van der Waals surface area contributed by atoms with Crippen LogP contribution in [0.5, 0.6) is 17.2 Å². The molecule has 3 aromatic carbocycles. The normalized spacial score (nSPS) is 12.0. The molecule has 0 atom stereocenters. The Morgan fingerprint density at radius 3 is 2.63 bits per heavy atom. The van der Waals surface area contributed by atoms with E-state index in [0.29, 0.717) is 39.8 Å². The fourth-order valence-electron chi connectivity index (χ4n) is 2.87. The van der Waals surface area contributed by atoms with Crippen LogP contribution in [0.3, 0.4) is 0 Å². The summed E-state index contributed by atoms with van der Waals surface area (Å²) in [5.74, 6) is 0.832. The molecule has 0 unspecified atom stereocenters. The van der Waals surface area contributed by atoms with Gasteiger partial charge in [0.25, 0.3) is 11.8 Å². The molecule has 134 valence electrons. The number of hydrogen-bond donors (Lipinski definition) is 2. The number of hydrogen-bond acceptors (Lipinski definition) is 4. The molecule has 2 amide bonds. The van der Waals surface area contributed by atoms with E-state index in [2.05, 4.69) is 10.6 Å². The summed E-state index contributed by atoms with van der Waals surface area (Å²) in [5.41, 5.74) is 1.82. The first-order chi connectivity index (χ1) is 13.2. The molecule has 1 heterocycles. The zero-order valence-corrected chi connectivity index (χ0v) is 14.5. The Morgan fingerprint density at radius 1 is 1.00 bits per heavy atom. The molecule has 6 nitrogen and oxygen atoms in total. The smallest absolute Gasteiger partial charge is 0.259 e. The van der Waals surface area contributed by atoms with E-state index in [1.54, 1.807) is 54.6 Å². The van der Waals surface area contributed by atoms with Gasteiger partial charge in [0.05, 0.1) is 23.9 Å². The third-order valence-electron chi connectivity index (χ3n) is 4.19. The Morgan fingerprint density at radius 2 is 1.78 bits per heavy atom. The first-order valence-electron chi connectivity index (χ1n) is 8.32. The van der Waals surface area contributed by atoms with Crippen molar-refractivity contribution in [1.82, 2.24) is 0 Å². The molecule has 1 aliphatic heterocycles. The van der Waals surface area contributed by atoms with E-state index in [9.17, 15) is 9.59 Å². The molecule has 0 spiro atoms. The molecule has 27 heavy (non-hydrogen) atoms. The van der Waals surface area contributed by atoms with Gasteiger partial charge in [-0.25, -0.2) is 0 Å². The van der Waals surface area contributed by atoms with E-state index in [0.717, 1.165) is 0 Å². The second-order valence-corrected chi connectivity index (χ2v) is 5.92. The van der Waals surface area contributed by atoms with E-state index >= 15 is 0 Å². The van der Waals surface area contributed by atoms with Crippen molar-refractivity contribution in [1.29, 1.82) is 0 Å². The van der Waals surface area contributed by atoms with Gasteiger partial charge in [-0.3, -0.25) is 9.59 Å². The molecule has 1 aliphatic rings. The number of para-hydroxylation sites is 3. The molecule has 6 heteroatoms. The van der Waals surface area contributed by atoms with Crippen molar-refractivity contribution < 1.29 is 19.1 Å². The molecule has 0 aromatic heterocycles. The third-order valence-corrected chi connectivity index (χ3v) is 4.19. The minimum atomic E-state index is -0.328. The van der Waals surface area contributed by atoms with Crippen molar-refractivity contribution in [2.75, 3.05) is 17.7 Å². The lowest BCUT2D eigenvalue weighted by Gasteiger charge is -2.11. The maximum atomic E-state index is 12.6. The maximum Gasteiger partial charge on any atom is 0.259 e. The van der Waals surface area contributed by atoms with E-state index in [4.69, 9.17) is 9.47 Å². The summed E-state index contributed by atoms with van der Waals surface area (Å²) in [6, 6.07) is 19.1. The molecular formula is C21H16N2O4. The number of ether oxygens (including phenoxy) is 2. The number of anilines is 2. The number of nitrogens with one attached hydrogen (secondary N) is 2. The van der Waals surface area contributed by atoms with Crippen LogP contribution in [0.1, 0.15) is 20.7 Å². The van der Waals surface area contributed by atoms with Crippen LogP contribution in [-0.4, -0.2) is 18.9 Å². The van der Waals surface area contributed by atoms with Gasteiger partial charge in [0, 0.05) is 5.69 Å². The van der Waals surface area contributed by atoms with E-state index < -0.39 is 0 Å². The molecule has 0 saturated carbocycles. The molecular weight excluding hydrogens is 344 g/mol. The quantitative estimate of drug-likeness (QED) is 0.730. The fourth-order valence-corrected chi connectivity index (χ4v) is 2.87. The van der Waals surface area contributed by atoms with Gasteiger partial charge in [-0.05, 0) is 42.5 Å². The van der Waals surface area contributed by atoms with Gasteiger partial charge in [0.15, 0.2) is 5.75 Å². The number of fused-ring (bicyclic) bond motifs is 2. The zero-order valence-electron chi connectivity index (χ0n) is 14.5. The number of carbonyl (C=O) groups excluding carboxylic acids is 2. The monoisotopic (exact) mass is 360 g/mol. The summed E-state index contributed by atoms with van der Waals surface area (Å²) >= 11 is 0. The number of amides is 2. The second-order valence-electron chi connectivity index (χ2n) is 5.92. The highest BCUT2D eigenvalue weighted by molar-refractivity contribution is 6.10. The lowest BCUT2D eigenvalue weighted by atomic mass is 10.1. The SMILES string of the molecule is COc1ccccc1C(=O)Nc1ccc2c(c1)C(=O)Nc1ccccc1O2. The highest BCUT2D eigenvalue weighted by Gasteiger charge is 2.21. The standard InChI is InChI=1S/C21H16N2O4/c1-26-17-8-4-2-6-14(17)20(24)22-13-10-11-18-15(12-13)21(25)23-16-7-3-5-9-19(16)27-18/h2-12H,1H3,(H,22,24)(H,23,25). The van der Waals surface area contributed by atoms with Crippen molar-refractivity contribution in [3.05, 3.63) is 77.9 Å². The van der Waals surface area contributed by atoms with Crippen LogP contribution in [0.25, 0.3) is 0 Å². The summed E-state index contributed by atoms with van der Waals surface area (Å²) in [5, 5.41) is 5.60. The summed E-state index contributed by atoms with van der Waals surface area (Å²) in [4.78, 5) is 25.1. The van der Waals surface area contributed by atoms with Crippen LogP contribution in [0.15, 0.2) is 66.7 Å². The van der Waals surface area contributed by atoms with E-state index in [1.807, 2.05) is 12.1 Å². The van der Waals surface area contributed by atoms with Crippen molar-refractivity contribution in [2.45, 2.75) is 0 Å². The van der Waals surface area contributed by atoms with E-state index in [1.165, 1.54) is 7.11 Å². The van der Waals surface area contributed by atoms with Crippen LogP contribution in [0.4, 0.5) is 11.4 Å². The molecule has 0 saturated heterocycles. The van der Waals surface area contributed by atoms with Crippen molar-refractivity contribution in [2.24, 2.45) is 0 Å². The van der Waals surface area contributed by atoms with Gasteiger partial charge in [0.1, 0.15) is 11.5 Å². The molecule has 2 N–H and O–H groups in total. The van der Waals surface area contributed by atoms with Crippen molar-refractivity contribution in [3.8, 4) is 17.2 Å². The van der Waals surface area contributed by atoms with Gasteiger partial charge in [-0.15, -0.1) is 0 Å². The lowest BCUT2D eigenvalue weighted by molar-refractivity contribution is 0.101. The Kier molecular flexibility index (Phi) is 4.22. The number of methoxy groups -OCH3 is 1. The first-order valence-corrected chi connectivity index (χ1v) is 8.32. The molecule has 3 aromatic rings. The molecule has 0 bridgehead atoms.